The van der Waals surface area contributed by atoms with Gasteiger partial charge < -0.3 is 15.0 Å². The van der Waals surface area contributed by atoms with Crippen molar-refractivity contribution >= 4 is 11.8 Å². The van der Waals surface area contributed by atoms with E-state index in [1.54, 1.807) is 17.0 Å². The third-order valence-corrected chi connectivity index (χ3v) is 3.81. The molecule has 1 unspecified atom stereocenters. The molecule has 0 bridgehead atoms. The van der Waals surface area contributed by atoms with Gasteiger partial charge in [-0.25, -0.2) is 0 Å². The molecule has 1 aromatic heterocycles. The number of carbonyl (C=O) groups excluding carboxylic acids is 2. The number of aromatic nitrogens is 1. The molecule has 0 saturated carbocycles. The van der Waals surface area contributed by atoms with Crippen molar-refractivity contribution in [1.29, 1.82) is 0 Å². The van der Waals surface area contributed by atoms with Gasteiger partial charge in [-0.2, -0.15) is 0 Å². The molecule has 1 N–H and O–H groups in total. The van der Waals surface area contributed by atoms with Crippen LogP contribution >= 0.6 is 0 Å². The van der Waals surface area contributed by atoms with Crippen molar-refractivity contribution in [1.82, 2.24) is 15.2 Å². The molecule has 0 aliphatic carbocycles. The Kier molecular flexibility index (Phi) is 5.89. The average molecular weight is 305 g/mol. The maximum Gasteiger partial charge on any atom is 0.272 e. The molecule has 6 nitrogen and oxygen atoms in total. The second-order valence-electron chi connectivity index (χ2n) is 5.25. The van der Waals surface area contributed by atoms with E-state index in [0.29, 0.717) is 30.9 Å². The zero-order valence-electron chi connectivity index (χ0n) is 13.2. The maximum absolute atomic E-state index is 12.3. The third-order valence-electron chi connectivity index (χ3n) is 3.81. The van der Waals surface area contributed by atoms with Gasteiger partial charge in [-0.05, 0) is 38.8 Å². The van der Waals surface area contributed by atoms with Crippen LogP contribution in [0.1, 0.15) is 47.5 Å². The lowest BCUT2D eigenvalue weighted by molar-refractivity contribution is 0.0767. The molecule has 22 heavy (non-hydrogen) atoms. The van der Waals surface area contributed by atoms with Crippen LogP contribution in [0.25, 0.3) is 0 Å². The molecule has 0 radical (unpaired) electrons. The van der Waals surface area contributed by atoms with Crippen molar-refractivity contribution < 1.29 is 14.3 Å². The van der Waals surface area contributed by atoms with Crippen LogP contribution < -0.4 is 5.32 Å². The number of carbonyl (C=O) groups is 2. The Labute approximate surface area is 130 Å². The lowest BCUT2D eigenvalue weighted by Crippen LogP contribution is -2.33. The van der Waals surface area contributed by atoms with Crippen molar-refractivity contribution in [3.05, 3.63) is 29.6 Å². The quantitative estimate of drug-likeness (QED) is 0.864. The number of nitrogens with zero attached hydrogens (tertiary/aromatic N) is 2. The Morgan fingerprint density at radius 3 is 2.82 bits per heavy atom. The first-order valence-electron chi connectivity index (χ1n) is 7.80. The molecule has 0 aromatic carbocycles. The number of rotatable bonds is 6. The number of pyridine rings is 1. The second kappa shape index (κ2) is 7.89. The fourth-order valence-corrected chi connectivity index (χ4v) is 2.48. The van der Waals surface area contributed by atoms with E-state index in [0.717, 1.165) is 19.4 Å². The highest BCUT2D eigenvalue weighted by Gasteiger charge is 2.18. The van der Waals surface area contributed by atoms with E-state index in [1.165, 1.54) is 6.20 Å². The monoisotopic (exact) mass is 305 g/mol. The van der Waals surface area contributed by atoms with Crippen LogP contribution in [-0.2, 0) is 4.74 Å². The summed E-state index contributed by atoms with van der Waals surface area (Å²) in [5, 5.41) is 2.85. The summed E-state index contributed by atoms with van der Waals surface area (Å²) >= 11 is 0. The van der Waals surface area contributed by atoms with Crippen LogP contribution in [-0.4, -0.2) is 54.0 Å². The molecule has 2 heterocycles. The molecular weight excluding hydrogens is 282 g/mol. The standard InChI is InChI=1S/C16H23N3O3/c1-3-19(4-2)16(21)14-10-12(7-8-17-14)15(20)18-11-13-6-5-9-22-13/h7-8,10,13H,3-6,9,11H2,1-2H3,(H,18,20). The normalized spacial score (nSPS) is 17.3. The van der Waals surface area contributed by atoms with Gasteiger partial charge in [0.1, 0.15) is 5.69 Å². The lowest BCUT2D eigenvalue weighted by Gasteiger charge is -2.18. The van der Waals surface area contributed by atoms with Gasteiger partial charge in [0, 0.05) is 38.0 Å². The van der Waals surface area contributed by atoms with Gasteiger partial charge in [0.2, 0.25) is 0 Å². The minimum absolute atomic E-state index is 0.0996. The van der Waals surface area contributed by atoms with Crippen LogP contribution in [0.4, 0.5) is 0 Å². The number of hydrogen-bond acceptors (Lipinski definition) is 4. The topological polar surface area (TPSA) is 71.5 Å². The highest BCUT2D eigenvalue weighted by atomic mass is 16.5. The van der Waals surface area contributed by atoms with Gasteiger partial charge in [0.15, 0.2) is 0 Å². The SMILES string of the molecule is CCN(CC)C(=O)c1cc(C(=O)NCC2CCCO2)ccn1. The van der Waals surface area contributed by atoms with Crippen LogP contribution in [0.2, 0.25) is 0 Å². The molecule has 1 saturated heterocycles. The van der Waals surface area contributed by atoms with Crippen molar-refractivity contribution in [2.45, 2.75) is 32.8 Å². The first-order chi connectivity index (χ1) is 10.7. The van der Waals surface area contributed by atoms with Crippen molar-refractivity contribution in [3.8, 4) is 0 Å². The van der Waals surface area contributed by atoms with Crippen LogP contribution in [0.3, 0.4) is 0 Å². The van der Waals surface area contributed by atoms with Gasteiger partial charge in [0.05, 0.1) is 6.10 Å². The van der Waals surface area contributed by atoms with E-state index < -0.39 is 0 Å². The highest BCUT2D eigenvalue weighted by molar-refractivity contribution is 5.98. The summed E-state index contributed by atoms with van der Waals surface area (Å²) in [6.45, 7) is 6.33. The molecule has 1 fully saturated rings. The molecule has 1 aliphatic rings. The van der Waals surface area contributed by atoms with Crippen molar-refractivity contribution in [2.75, 3.05) is 26.2 Å². The predicted molar refractivity (Wildman–Crippen MR) is 82.8 cm³/mol. The Balaban J connectivity index is 2.00. The van der Waals surface area contributed by atoms with Crippen LogP contribution in [0.15, 0.2) is 18.3 Å². The van der Waals surface area contributed by atoms with Gasteiger partial charge in [-0.15, -0.1) is 0 Å². The summed E-state index contributed by atoms with van der Waals surface area (Å²) in [6, 6.07) is 3.16. The maximum atomic E-state index is 12.3. The summed E-state index contributed by atoms with van der Waals surface area (Å²) in [7, 11) is 0. The summed E-state index contributed by atoms with van der Waals surface area (Å²) < 4.78 is 5.47. The fraction of sp³-hybridized carbons (Fsp3) is 0.562. The predicted octanol–water partition coefficient (Wildman–Crippen LogP) is 1.47. The summed E-state index contributed by atoms with van der Waals surface area (Å²) in [4.78, 5) is 30.2. The molecule has 1 atom stereocenters. The molecule has 0 spiro atoms. The second-order valence-corrected chi connectivity index (χ2v) is 5.25. The first-order valence-corrected chi connectivity index (χ1v) is 7.80. The largest absolute Gasteiger partial charge is 0.376 e. The Morgan fingerprint density at radius 2 is 2.18 bits per heavy atom. The minimum atomic E-state index is -0.202. The van der Waals surface area contributed by atoms with Crippen molar-refractivity contribution in [3.63, 3.8) is 0 Å². The Hall–Kier alpha value is -1.95. The third kappa shape index (κ3) is 4.04. The summed E-state index contributed by atoms with van der Waals surface area (Å²) in [5.41, 5.74) is 0.747. The minimum Gasteiger partial charge on any atom is -0.376 e. The number of amides is 2. The fourth-order valence-electron chi connectivity index (χ4n) is 2.48. The summed E-state index contributed by atoms with van der Waals surface area (Å²) in [5.74, 6) is -0.356. The zero-order chi connectivity index (χ0) is 15.9. The van der Waals surface area contributed by atoms with E-state index >= 15 is 0 Å². The Morgan fingerprint density at radius 1 is 1.41 bits per heavy atom. The lowest BCUT2D eigenvalue weighted by atomic mass is 10.2. The number of nitrogens with one attached hydrogen (secondary N) is 1. The Bertz CT molecular complexity index is 523. The molecule has 1 aromatic rings. The van der Waals surface area contributed by atoms with E-state index in [1.807, 2.05) is 13.8 Å². The van der Waals surface area contributed by atoms with Crippen LogP contribution in [0, 0.1) is 0 Å². The van der Waals surface area contributed by atoms with E-state index in [4.69, 9.17) is 4.74 Å². The molecule has 120 valence electrons. The number of ether oxygens (including phenoxy) is 1. The van der Waals surface area contributed by atoms with Crippen LogP contribution in [0.5, 0.6) is 0 Å². The van der Waals surface area contributed by atoms with E-state index in [-0.39, 0.29) is 17.9 Å². The van der Waals surface area contributed by atoms with E-state index in [9.17, 15) is 9.59 Å². The first kappa shape index (κ1) is 16.4. The summed E-state index contributed by atoms with van der Waals surface area (Å²) in [6.07, 6.45) is 3.61. The number of hydrogen-bond donors (Lipinski definition) is 1. The van der Waals surface area contributed by atoms with Gasteiger partial charge in [-0.3, -0.25) is 14.6 Å². The van der Waals surface area contributed by atoms with Gasteiger partial charge in [0.25, 0.3) is 11.8 Å². The molecular formula is C16H23N3O3. The smallest absolute Gasteiger partial charge is 0.272 e. The zero-order valence-corrected chi connectivity index (χ0v) is 13.2. The van der Waals surface area contributed by atoms with Gasteiger partial charge in [-0.1, -0.05) is 0 Å². The molecule has 6 heteroatoms. The van der Waals surface area contributed by atoms with E-state index in [2.05, 4.69) is 10.3 Å². The highest BCUT2D eigenvalue weighted by Crippen LogP contribution is 2.11. The molecule has 2 rings (SSSR count). The average Bonchev–Trinajstić information content (AvgIpc) is 3.07. The molecule has 1 aliphatic heterocycles. The van der Waals surface area contributed by atoms with Gasteiger partial charge >= 0.3 is 0 Å². The molecule has 2 amide bonds. The van der Waals surface area contributed by atoms with Crippen molar-refractivity contribution in [2.24, 2.45) is 0 Å².